The summed E-state index contributed by atoms with van der Waals surface area (Å²) in [6.07, 6.45) is 7.36. The van der Waals surface area contributed by atoms with Crippen LogP contribution in [0.25, 0.3) is 0 Å². The third-order valence-corrected chi connectivity index (χ3v) is 2.88. The molecule has 2 aromatic rings. The molecule has 0 radical (unpaired) electrons. The summed E-state index contributed by atoms with van der Waals surface area (Å²) in [5.74, 6) is 0.684. The Morgan fingerprint density at radius 1 is 1.31 bits per heavy atom. The molecule has 0 unspecified atom stereocenters. The van der Waals surface area contributed by atoms with E-state index >= 15 is 0 Å². The summed E-state index contributed by atoms with van der Waals surface area (Å²) < 4.78 is 1.92. The van der Waals surface area contributed by atoms with Crippen molar-refractivity contribution in [1.82, 2.24) is 20.0 Å². The normalized spacial score (nSPS) is 15.2. The van der Waals surface area contributed by atoms with Crippen LogP contribution >= 0.6 is 0 Å². The van der Waals surface area contributed by atoms with Gasteiger partial charge in [0.25, 0.3) is 0 Å². The maximum atomic E-state index is 4.29. The molecule has 4 heteroatoms. The molecule has 2 aromatic heterocycles. The summed E-state index contributed by atoms with van der Waals surface area (Å²) >= 11 is 0. The van der Waals surface area contributed by atoms with Crippen LogP contribution in [0.2, 0.25) is 0 Å². The first-order chi connectivity index (χ1) is 7.92. The van der Waals surface area contributed by atoms with Crippen LogP contribution in [0, 0.1) is 0 Å². The molecule has 2 heterocycles. The second kappa shape index (κ2) is 4.04. The van der Waals surface area contributed by atoms with Crippen LogP contribution in [0.1, 0.15) is 30.1 Å². The Kier molecular flexibility index (Phi) is 2.40. The van der Waals surface area contributed by atoms with Gasteiger partial charge in [0.2, 0.25) is 0 Å². The molecule has 1 fully saturated rings. The number of aryl methyl sites for hydroxylation is 2. The molecule has 0 N–H and O–H groups in total. The van der Waals surface area contributed by atoms with E-state index in [0.29, 0.717) is 5.92 Å². The van der Waals surface area contributed by atoms with Crippen molar-refractivity contribution >= 4 is 0 Å². The molecule has 1 aliphatic rings. The predicted molar refractivity (Wildman–Crippen MR) is 59.9 cm³/mol. The van der Waals surface area contributed by atoms with Gasteiger partial charge in [-0.1, -0.05) is 11.3 Å². The molecule has 16 heavy (non-hydrogen) atoms. The van der Waals surface area contributed by atoms with Crippen molar-refractivity contribution in [2.45, 2.75) is 31.7 Å². The number of nitrogens with zero attached hydrogens (tertiary/aromatic N) is 4. The van der Waals surface area contributed by atoms with Gasteiger partial charge in [-0.2, -0.15) is 0 Å². The lowest BCUT2D eigenvalue weighted by molar-refractivity contribution is 0.584. The average molecular weight is 214 g/mol. The quantitative estimate of drug-likeness (QED) is 0.779. The number of rotatable bonds is 4. The van der Waals surface area contributed by atoms with E-state index in [2.05, 4.69) is 21.5 Å². The van der Waals surface area contributed by atoms with Crippen LogP contribution < -0.4 is 0 Å². The first kappa shape index (κ1) is 9.51. The average Bonchev–Trinajstić information content (AvgIpc) is 3.08. The molecule has 3 rings (SSSR count). The SMILES string of the molecule is c1ccc(CCn2cc(C3CC3)nn2)nc1. The van der Waals surface area contributed by atoms with E-state index < -0.39 is 0 Å². The smallest absolute Gasteiger partial charge is 0.0857 e. The fraction of sp³-hybridized carbons (Fsp3) is 0.417. The number of hydrogen-bond acceptors (Lipinski definition) is 3. The molecular formula is C12H14N4. The van der Waals surface area contributed by atoms with Crippen LogP contribution in [-0.4, -0.2) is 20.0 Å². The maximum absolute atomic E-state index is 4.29. The van der Waals surface area contributed by atoms with Gasteiger partial charge in [-0.05, 0) is 25.0 Å². The first-order valence-corrected chi connectivity index (χ1v) is 5.72. The fourth-order valence-corrected chi connectivity index (χ4v) is 1.76. The van der Waals surface area contributed by atoms with Gasteiger partial charge in [0.15, 0.2) is 0 Å². The molecule has 0 aliphatic heterocycles. The Hall–Kier alpha value is -1.71. The molecule has 0 aromatic carbocycles. The van der Waals surface area contributed by atoms with E-state index in [-0.39, 0.29) is 0 Å². The summed E-state index contributed by atoms with van der Waals surface area (Å²) in [5, 5.41) is 8.31. The standard InChI is InChI=1S/C12H14N4/c1-2-7-13-11(3-1)6-8-16-9-12(14-15-16)10-4-5-10/h1-3,7,9-10H,4-6,8H2. The van der Waals surface area contributed by atoms with E-state index in [4.69, 9.17) is 0 Å². The van der Waals surface area contributed by atoms with Crippen molar-refractivity contribution in [2.24, 2.45) is 0 Å². The Labute approximate surface area is 94.3 Å². The second-order valence-electron chi connectivity index (χ2n) is 4.25. The van der Waals surface area contributed by atoms with Crippen LogP contribution in [-0.2, 0) is 13.0 Å². The van der Waals surface area contributed by atoms with Crippen molar-refractivity contribution in [1.29, 1.82) is 0 Å². The van der Waals surface area contributed by atoms with Gasteiger partial charge in [-0.3, -0.25) is 9.67 Å². The number of aromatic nitrogens is 4. The largest absolute Gasteiger partial charge is 0.261 e. The van der Waals surface area contributed by atoms with E-state index in [1.807, 2.05) is 29.1 Å². The molecule has 4 nitrogen and oxygen atoms in total. The molecule has 82 valence electrons. The van der Waals surface area contributed by atoms with Gasteiger partial charge in [-0.15, -0.1) is 5.10 Å². The fourth-order valence-electron chi connectivity index (χ4n) is 1.76. The Balaban J connectivity index is 1.61. The summed E-state index contributed by atoms with van der Waals surface area (Å²) in [7, 11) is 0. The van der Waals surface area contributed by atoms with Gasteiger partial charge >= 0.3 is 0 Å². The number of hydrogen-bond donors (Lipinski definition) is 0. The van der Waals surface area contributed by atoms with Crippen molar-refractivity contribution in [3.8, 4) is 0 Å². The monoisotopic (exact) mass is 214 g/mol. The van der Waals surface area contributed by atoms with E-state index in [1.54, 1.807) is 0 Å². The zero-order chi connectivity index (χ0) is 10.8. The van der Waals surface area contributed by atoms with Gasteiger partial charge < -0.3 is 0 Å². The lowest BCUT2D eigenvalue weighted by Gasteiger charge is -1.99. The minimum Gasteiger partial charge on any atom is -0.261 e. The highest BCUT2D eigenvalue weighted by Gasteiger charge is 2.26. The van der Waals surface area contributed by atoms with Crippen molar-refractivity contribution in [3.63, 3.8) is 0 Å². The molecule has 0 spiro atoms. The van der Waals surface area contributed by atoms with Gasteiger partial charge in [0.05, 0.1) is 5.69 Å². The summed E-state index contributed by atoms with van der Waals surface area (Å²) in [4.78, 5) is 4.29. The molecule has 0 amide bonds. The highest BCUT2D eigenvalue weighted by Crippen LogP contribution is 2.38. The second-order valence-corrected chi connectivity index (χ2v) is 4.25. The Morgan fingerprint density at radius 3 is 3.00 bits per heavy atom. The van der Waals surface area contributed by atoms with Gasteiger partial charge in [0.1, 0.15) is 0 Å². The minimum absolute atomic E-state index is 0.684. The Morgan fingerprint density at radius 2 is 2.25 bits per heavy atom. The van der Waals surface area contributed by atoms with Gasteiger partial charge in [0, 0.05) is 37.0 Å². The van der Waals surface area contributed by atoms with E-state index in [1.165, 1.54) is 12.8 Å². The van der Waals surface area contributed by atoms with E-state index in [0.717, 1.165) is 24.4 Å². The minimum atomic E-state index is 0.684. The summed E-state index contributed by atoms with van der Waals surface area (Å²) in [5.41, 5.74) is 2.26. The molecular weight excluding hydrogens is 200 g/mol. The summed E-state index contributed by atoms with van der Waals surface area (Å²) in [6, 6.07) is 5.99. The predicted octanol–water partition coefficient (Wildman–Crippen LogP) is 1.79. The Bertz CT molecular complexity index is 459. The molecule has 0 atom stereocenters. The molecule has 1 saturated carbocycles. The van der Waals surface area contributed by atoms with Crippen LogP contribution in [0.5, 0.6) is 0 Å². The van der Waals surface area contributed by atoms with Crippen LogP contribution in [0.15, 0.2) is 30.6 Å². The lowest BCUT2D eigenvalue weighted by atomic mass is 10.3. The highest BCUT2D eigenvalue weighted by molar-refractivity contribution is 5.09. The number of pyridine rings is 1. The molecule has 0 bridgehead atoms. The molecule has 0 saturated heterocycles. The zero-order valence-electron chi connectivity index (χ0n) is 9.08. The van der Waals surface area contributed by atoms with Crippen LogP contribution in [0.4, 0.5) is 0 Å². The maximum Gasteiger partial charge on any atom is 0.0857 e. The highest BCUT2D eigenvalue weighted by atomic mass is 15.4. The van der Waals surface area contributed by atoms with Crippen LogP contribution in [0.3, 0.4) is 0 Å². The topological polar surface area (TPSA) is 43.6 Å². The third kappa shape index (κ3) is 2.10. The molecule has 1 aliphatic carbocycles. The van der Waals surface area contributed by atoms with Gasteiger partial charge in [-0.25, -0.2) is 0 Å². The van der Waals surface area contributed by atoms with Crippen molar-refractivity contribution in [3.05, 3.63) is 42.0 Å². The van der Waals surface area contributed by atoms with Crippen molar-refractivity contribution in [2.75, 3.05) is 0 Å². The zero-order valence-corrected chi connectivity index (χ0v) is 9.08. The first-order valence-electron chi connectivity index (χ1n) is 5.72. The third-order valence-electron chi connectivity index (χ3n) is 2.88. The summed E-state index contributed by atoms with van der Waals surface area (Å²) in [6.45, 7) is 0.858. The van der Waals surface area contributed by atoms with Crippen molar-refractivity contribution < 1.29 is 0 Å². The lowest BCUT2D eigenvalue weighted by Crippen LogP contribution is -2.03. The van der Waals surface area contributed by atoms with E-state index in [9.17, 15) is 0 Å².